The second-order valence-electron chi connectivity index (χ2n) is 15.7. The van der Waals surface area contributed by atoms with Crippen LogP contribution in [0.25, 0.3) is 11.1 Å². The number of benzene rings is 5. The molecule has 3 aliphatic heterocycles. The van der Waals surface area contributed by atoms with Crippen LogP contribution in [-0.4, -0.2) is 58.9 Å². The second kappa shape index (κ2) is 19.0. The molecule has 0 aromatic heterocycles. The van der Waals surface area contributed by atoms with Crippen molar-refractivity contribution in [1.29, 1.82) is 0 Å². The quantitative estimate of drug-likeness (QED) is 0.0472. The van der Waals surface area contributed by atoms with Crippen LogP contribution in [0.1, 0.15) is 77.7 Å². The van der Waals surface area contributed by atoms with Crippen molar-refractivity contribution in [3.05, 3.63) is 163 Å². The van der Waals surface area contributed by atoms with Gasteiger partial charge in [-0.1, -0.05) is 94.9 Å². The minimum atomic E-state index is -1.67. The summed E-state index contributed by atoms with van der Waals surface area (Å²) in [5.41, 5.74) is 5.81. The van der Waals surface area contributed by atoms with E-state index in [1.54, 1.807) is 14.2 Å². The van der Waals surface area contributed by atoms with Crippen molar-refractivity contribution < 1.29 is 28.5 Å². The van der Waals surface area contributed by atoms with Crippen molar-refractivity contribution in [2.75, 3.05) is 50.2 Å². The van der Waals surface area contributed by atoms with Crippen LogP contribution >= 0.6 is 46.4 Å². The van der Waals surface area contributed by atoms with Gasteiger partial charge in [0.05, 0.1) is 25.7 Å². The SMILES string of the molecule is COC(C)Oc1ccc(C(=CC2(C=C(c3ccc(OC(C)OC)cc3)c3ccc(N4CCCC4)cc3)OC(=O)c3c(Cl)c(Cl)c(Cl)c(Cl)c32)c2ccc(N3CCCC3)cc2)cc1. The molecule has 5 aromatic rings. The molecule has 62 heavy (non-hydrogen) atoms. The van der Waals surface area contributed by atoms with Gasteiger partial charge in [-0.3, -0.25) is 0 Å². The van der Waals surface area contributed by atoms with Gasteiger partial charge in [-0.25, -0.2) is 4.79 Å². The molecule has 0 N–H and O–H groups in total. The number of cyclic esters (lactones) is 1. The lowest BCUT2D eigenvalue weighted by Gasteiger charge is -2.28. The maximum atomic E-state index is 14.4. The van der Waals surface area contributed by atoms with Gasteiger partial charge >= 0.3 is 5.97 Å². The lowest BCUT2D eigenvalue weighted by molar-refractivity contribution is -0.0385. The molecule has 0 amide bonds. The molecule has 0 spiro atoms. The molecule has 8 rings (SSSR count). The van der Waals surface area contributed by atoms with Crippen LogP contribution in [0.2, 0.25) is 20.1 Å². The summed E-state index contributed by atoms with van der Waals surface area (Å²) in [4.78, 5) is 19.1. The molecular weight excluding hydrogens is 866 g/mol. The van der Waals surface area contributed by atoms with Gasteiger partial charge in [-0.15, -0.1) is 0 Å². The van der Waals surface area contributed by atoms with Gasteiger partial charge in [0.15, 0.2) is 18.2 Å². The van der Waals surface area contributed by atoms with Gasteiger partial charge in [-0.2, -0.15) is 0 Å². The van der Waals surface area contributed by atoms with E-state index in [-0.39, 0.29) is 31.2 Å². The van der Waals surface area contributed by atoms with Gasteiger partial charge in [0, 0.05) is 57.3 Å². The third-order valence-corrected chi connectivity index (χ3v) is 13.5. The van der Waals surface area contributed by atoms with Gasteiger partial charge in [0.2, 0.25) is 0 Å². The first-order valence-electron chi connectivity index (χ1n) is 20.8. The zero-order valence-electron chi connectivity index (χ0n) is 35.1. The number of hydrogen-bond acceptors (Lipinski definition) is 8. The molecule has 0 aliphatic carbocycles. The molecule has 5 aromatic carbocycles. The molecule has 3 heterocycles. The Morgan fingerprint density at radius 2 is 0.919 bits per heavy atom. The number of ether oxygens (including phenoxy) is 5. The molecular formula is C50H48Cl4N2O6. The fourth-order valence-corrected chi connectivity index (χ4v) is 9.42. The third kappa shape index (κ3) is 9.05. The third-order valence-electron chi connectivity index (χ3n) is 11.7. The highest BCUT2D eigenvalue weighted by molar-refractivity contribution is 6.53. The number of methoxy groups -OCH3 is 2. The monoisotopic (exact) mass is 912 g/mol. The Morgan fingerprint density at radius 3 is 1.29 bits per heavy atom. The van der Waals surface area contributed by atoms with Crippen molar-refractivity contribution >= 4 is 74.9 Å². The molecule has 2 atom stereocenters. The van der Waals surface area contributed by atoms with Crippen LogP contribution in [0, 0.1) is 0 Å². The summed E-state index contributed by atoms with van der Waals surface area (Å²) in [6.45, 7) is 7.68. The molecule has 2 saturated heterocycles. The summed E-state index contributed by atoms with van der Waals surface area (Å²) in [7, 11) is 3.19. The highest BCUT2D eigenvalue weighted by atomic mass is 35.5. The number of esters is 1. The lowest BCUT2D eigenvalue weighted by Crippen LogP contribution is -2.23. The summed E-state index contributed by atoms with van der Waals surface area (Å²) in [6, 6.07) is 32.3. The number of carbonyl (C=O) groups excluding carboxylic acids is 1. The average molecular weight is 915 g/mol. The summed E-state index contributed by atoms with van der Waals surface area (Å²) in [5, 5.41) is -0.0103. The number of fused-ring (bicyclic) bond motifs is 1. The number of carbonyl (C=O) groups is 1. The van der Waals surface area contributed by atoms with Crippen LogP contribution < -0.4 is 19.3 Å². The zero-order chi connectivity index (χ0) is 43.5. The average Bonchev–Trinajstić information content (AvgIpc) is 4.09. The van der Waals surface area contributed by atoms with Crippen LogP contribution in [0.4, 0.5) is 11.4 Å². The van der Waals surface area contributed by atoms with Crippen molar-refractivity contribution in [2.45, 2.75) is 57.7 Å². The Bertz CT molecular complexity index is 2330. The molecule has 2 fully saturated rings. The smallest absolute Gasteiger partial charge is 0.341 e. The number of hydrogen-bond donors (Lipinski definition) is 0. The first-order valence-corrected chi connectivity index (χ1v) is 22.4. The Balaban J connectivity index is 1.38. The van der Waals surface area contributed by atoms with E-state index >= 15 is 0 Å². The minimum Gasteiger partial charge on any atom is -0.465 e. The fraction of sp³-hybridized carbons (Fsp3) is 0.300. The normalized spacial score (nSPS) is 18.8. The van der Waals surface area contributed by atoms with E-state index in [4.69, 9.17) is 70.1 Å². The van der Waals surface area contributed by atoms with Crippen molar-refractivity contribution in [2.24, 2.45) is 0 Å². The Labute approximate surface area is 383 Å². The van der Waals surface area contributed by atoms with E-state index in [0.29, 0.717) is 11.5 Å². The van der Waals surface area contributed by atoms with E-state index in [1.807, 2.05) is 74.5 Å². The maximum Gasteiger partial charge on any atom is 0.341 e. The van der Waals surface area contributed by atoms with Gasteiger partial charge in [-0.05, 0) is 134 Å². The van der Waals surface area contributed by atoms with Crippen LogP contribution in [-0.2, 0) is 19.8 Å². The zero-order valence-corrected chi connectivity index (χ0v) is 38.1. The first kappa shape index (κ1) is 44.0. The maximum absolute atomic E-state index is 14.4. The Kier molecular flexibility index (Phi) is 13.5. The van der Waals surface area contributed by atoms with Crippen molar-refractivity contribution in [3.63, 3.8) is 0 Å². The predicted octanol–water partition coefficient (Wildman–Crippen LogP) is 12.9. The van der Waals surface area contributed by atoms with E-state index in [0.717, 1.165) is 96.6 Å². The number of halogens is 4. The molecule has 0 bridgehead atoms. The Hall–Kier alpha value is -4.67. The van der Waals surface area contributed by atoms with Gasteiger partial charge in [0.25, 0.3) is 0 Å². The number of nitrogens with zero attached hydrogens (tertiary/aromatic N) is 2. The standard InChI is InChI=1S/C50H48Cl4N2O6/c1-31(58-3)60-39-21-13-35(14-22-39)41(33-9-17-37(18-10-33)55-25-5-6-26-55)29-50(44-43(49(57)62-50)45(51)47(53)48(54)46(44)52)30-42(36-15-23-40(24-16-36)61-32(2)59-4)34-11-19-38(20-12-34)56-27-7-8-28-56/h9-24,29-32H,5-8,25-28H2,1-4H3. The number of anilines is 2. The topological polar surface area (TPSA) is 69.7 Å². The number of rotatable bonds is 14. The van der Waals surface area contributed by atoms with E-state index in [1.165, 1.54) is 0 Å². The molecule has 12 heteroatoms. The molecule has 322 valence electrons. The largest absolute Gasteiger partial charge is 0.465 e. The molecule has 3 aliphatic rings. The lowest BCUT2D eigenvalue weighted by atomic mass is 9.83. The molecule has 0 radical (unpaired) electrons. The molecule has 0 saturated carbocycles. The van der Waals surface area contributed by atoms with Crippen molar-refractivity contribution in [1.82, 2.24) is 0 Å². The van der Waals surface area contributed by atoms with E-state index < -0.39 is 24.2 Å². The molecule has 2 unspecified atom stereocenters. The second-order valence-corrected chi connectivity index (χ2v) is 17.2. The Morgan fingerprint density at radius 1 is 0.565 bits per heavy atom. The summed E-state index contributed by atoms with van der Waals surface area (Å²) in [5.74, 6) is 0.560. The van der Waals surface area contributed by atoms with E-state index in [9.17, 15) is 4.79 Å². The van der Waals surface area contributed by atoms with Crippen LogP contribution in [0.3, 0.4) is 0 Å². The highest BCUT2D eigenvalue weighted by Crippen LogP contribution is 2.54. The molecule has 8 nitrogen and oxygen atoms in total. The first-order chi connectivity index (χ1) is 30.0. The van der Waals surface area contributed by atoms with Gasteiger partial charge in [0.1, 0.15) is 11.5 Å². The minimum absolute atomic E-state index is 0.0112. The predicted molar refractivity (Wildman–Crippen MR) is 251 cm³/mol. The fourth-order valence-electron chi connectivity index (χ4n) is 8.35. The van der Waals surface area contributed by atoms with Gasteiger partial charge < -0.3 is 33.5 Å². The van der Waals surface area contributed by atoms with E-state index in [2.05, 4.69) is 58.3 Å². The summed E-state index contributed by atoms with van der Waals surface area (Å²) in [6.07, 6.45) is 7.58. The summed E-state index contributed by atoms with van der Waals surface area (Å²) >= 11 is 27.7. The van der Waals surface area contributed by atoms with Crippen LogP contribution in [0.5, 0.6) is 11.5 Å². The van der Waals surface area contributed by atoms with Crippen LogP contribution in [0.15, 0.2) is 109 Å². The summed E-state index contributed by atoms with van der Waals surface area (Å²) < 4.78 is 29.3. The highest BCUT2D eigenvalue weighted by Gasteiger charge is 2.48. The van der Waals surface area contributed by atoms with Crippen molar-refractivity contribution in [3.8, 4) is 11.5 Å².